The molecule has 1 saturated heterocycles. The number of nitrogens with zero attached hydrogens (tertiary/aromatic N) is 2. The summed E-state index contributed by atoms with van der Waals surface area (Å²) in [7, 11) is 1.61. The first-order chi connectivity index (χ1) is 14.5. The van der Waals surface area contributed by atoms with Crippen LogP contribution in [0.5, 0.6) is 11.5 Å². The van der Waals surface area contributed by atoms with Gasteiger partial charge in [0.05, 0.1) is 12.7 Å². The molecule has 2 aromatic rings. The lowest BCUT2D eigenvalue weighted by Gasteiger charge is -2.36. The Morgan fingerprint density at radius 3 is 2.33 bits per heavy atom. The van der Waals surface area contributed by atoms with Crippen molar-refractivity contribution in [2.45, 2.75) is 6.61 Å². The third kappa shape index (κ3) is 5.59. The molecule has 3 rings (SSSR count). The third-order valence-corrected chi connectivity index (χ3v) is 4.69. The van der Waals surface area contributed by atoms with E-state index in [0.717, 1.165) is 17.5 Å². The van der Waals surface area contributed by atoms with Crippen LogP contribution >= 0.6 is 0 Å². The molecule has 0 N–H and O–H groups in total. The van der Waals surface area contributed by atoms with E-state index in [1.807, 2.05) is 24.3 Å². The van der Waals surface area contributed by atoms with Crippen LogP contribution < -0.4 is 14.4 Å². The standard InChI is InChI=1S/C21H22F2N2O5/c1-28-17-7-5-16(6-8-17)24-9-11-25(12-10-24)19(26)14-29-20(27)15-3-2-4-18(13-15)30-21(22)23/h2-8,13,21H,9-12,14H2,1H3. The number of carbonyl (C=O) groups is 2. The SMILES string of the molecule is COc1ccc(N2CCN(C(=O)COC(=O)c3cccc(OC(F)F)c3)CC2)cc1. The molecular formula is C21H22F2N2O5. The van der Waals surface area contributed by atoms with Gasteiger partial charge < -0.3 is 24.0 Å². The minimum atomic E-state index is -2.99. The number of benzene rings is 2. The van der Waals surface area contributed by atoms with Crippen molar-refractivity contribution < 1.29 is 32.6 Å². The summed E-state index contributed by atoms with van der Waals surface area (Å²) >= 11 is 0. The predicted molar refractivity (Wildman–Crippen MR) is 105 cm³/mol. The number of alkyl halides is 2. The second-order valence-corrected chi connectivity index (χ2v) is 6.55. The van der Waals surface area contributed by atoms with E-state index >= 15 is 0 Å². The van der Waals surface area contributed by atoms with E-state index in [4.69, 9.17) is 9.47 Å². The number of amides is 1. The van der Waals surface area contributed by atoms with Crippen LogP contribution in [0.4, 0.5) is 14.5 Å². The Bertz CT molecular complexity index is 868. The highest BCUT2D eigenvalue weighted by molar-refractivity contribution is 5.91. The molecule has 0 atom stereocenters. The molecule has 0 aliphatic carbocycles. The van der Waals surface area contributed by atoms with Gasteiger partial charge in [0, 0.05) is 31.9 Å². The summed E-state index contributed by atoms with van der Waals surface area (Å²) < 4.78 is 39.0. The Labute approximate surface area is 172 Å². The van der Waals surface area contributed by atoms with Gasteiger partial charge in [0.1, 0.15) is 11.5 Å². The summed E-state index contributed by atoms with van der Waals surface area (Å²) in [6, 6.07) is 12.9. The molecule has 30 heavy (non-hydrogen) atoms. The molecule has 2 aromatic carbocycles. The molecule has 9 heteroatoms. The van der Waals surface area contributed by atoms with Crippen molar-refractivity contribution in [3.05, 3.63) is 54.1 Å². The number of methoxy groups -OCH3 is 1. The molecule has 0 bridgehead atoms. The highest BCUT2D eigenvalue weighted by Crippen LogP contribution is 2.21. The molecule has 0 spiro atoms. The van der Waals surface area contributed by atoms with Crippen molar-refractivity contribution in [1.82, 2.24) is 4.90 Å². The van der Waals surface area contributed by atoms with E-state index in [1.54, 1.807) is 12.0 Å². The predicted octanol–water partition coefficient (Wildman–Crippen LogP) is 2.80. The van der Waals surface area contributed by atoms with E-state index in [2.05, 4.69) is 9.64 Å². The highest BCUT2D eigenvalue weighted by Gasteiger charge is 2.22. The first-order valence-electron chi connectivity index (χ1n) is 9.35. The van der Waals surface area contributed by atoms with Crippen molar-refractivity contribution in [3.8, 4) is 11.5 Å². The molecule has 1 aliphatic heterocycles. The number of piperazine rings is 1. The number of halogens is 2. The van der Waals surface area contributed by atoms with Gasteiger partial charge in [0.25, 0.3) is 5.91 Å². The Kier molecular flexibility index (Phi) is 7.05. The number of ether oxygens (including phenoxy) is 3. The Balaban J connectivity index is 1.47. The van der Waals surface area contributed by atoms with E-state index < -0.39 is 19.2 Å². The molecule has 7 nitrogen and oxygen atoms in total. The Morgan fingerprint density at radius 1 is 1.00 bits per heavy atom. The largest absolute Gasteiger partial charge is 0.497 e. The zero-order valence-corrected chi connectivity index (χ0v) is 16.4. The zero-order chi connectivity index (χ0) is 21.5. The average Bonchev–Trinajstić information content (AvgIpc) is 2.77. The fourth-order valence-electron chi connectivity index (χ4n) is 3.11. The molecular weight excluding hydrogens is 398 g/mol. The summed E-state index contributed by atoms with van der Waals surface area (Å²) in [5.74, 6) is -0.459. The monoisotopic (exact) mass is 420 g/mol. The molecule has 0 unspecified atom stereocenters. The van der Waals surface area contributed by atoms with E-state index in [-0.39, 0.29) is 17.2 Å². The maximum atomic E-state index is 12.4. The normalized spacial score (nSPS) is 13.9. The highest BCUT2D eigenvalue weighted by atomic mass is 19.3. The smallest absolute Gasteiger partial charge is 0.387 e. The van der Waals surface area contributed by atoms with Crippen LogP contribution in [0, 0.1) is 0 Å². The first-order valence-corrected chi connectivity index (χ1v) is 9.35. The molecule has 1 fully saturated rings. The Hall–Kier alpha value is -3.36. The molecule has 160 valence electrons. The van der Waals surface area contributed by atoms with Gasteiger partial charge in [-0.25, -0.2) is 4.79 Å². The van der Waals surface area contributed by atoms with Crippen molar-refractivity contribution in [2.24, 2.45) is 0 Å². The van der Waals surface area contributed by atoms with Crippen LogP contribution in [0.3, 0.4) is 0 Å². The van der Waals surface area contributed by atoms with Gasteiger partial charge >= 0.3 is 12.6 Å². The van der Waals surface area contributed by atoms with Gasteiger partial charge in [0.2, 0.25) is 0 Å². The van der Waals surface area contributed by atoms with Crippen LogP contribution in [0.15, 0.2) is 48.5 Å². The van der Waals surface area contributed by atoms with E-state index in [9.17, 15) is 18.4 Å². The Morgan fingerprint density at radius 2 is 1.70 bits per heavy atom. The van der Waals surface area contributed by atoms with Crippen LogP contribution in [-0.2, 0) is 9.53 Å². The second-order valence-electron chi connectivity index (χ2n) is 6.55. The van der Waals surface area contributed by atoms with Gasteiger partial charge in [-0.15, -0.1) is 0 Å². The van der Waals surface area contributed by atoms with Crippen molar-refractivity contribution in [2.75, 3.05) is 44.8 Å². The quantitative estimate of drug-likeness (QED) is 0.642. The topological polar surface area (TPSA) is 68.3 Å². The van der Waals surface area contributed by atoms with Crippen molar-refractivity contribution in [1.29, 1.82) is 0 Å². The summed E-state index contributed by atoms with van der Waals surface area (Å²) in [6.45, 7) is -1.10. The van der Waals surface area contributed by atoms with Gasteiger partial charge in [-0.1, -0.05) is 6.07 Å². The molecule has 1 aliphatic rings. The zero-order valence-electron chi connectivity index (χ0n) is 16.4. The first kappa shape index (κ1) is 21.4. The second kappa shape index (κ2) is 9.91. The van der Waals surface area contributed by atoms with Crippen LogP contribution in [0.1, 0.15) is 10.4 Å². The molecule has 0 radical (unpaired) electrons. The number of hydrogen-bond acceptors (Lipinski definition) is 6. The molecule has 1 heterocycles. The lowest BCUT2D eigenvalue weighted by Crippen LogP contribution is -2.49. The summed E-state index contributed by atoms with van der Waals surface area (Å²) in [6.07, 6.45) is 0. The molecule has 0 saturated carbocycles. The minimum absolute atomic E-state index is 0.0327. The van der Waals surface area contributed by atoms with Gasteiger partial charge in [-0.2, -0.15) is 8.78 Å². The van der Waals surface area contributed by atoms with Gasteiger partial charge in [-0.05, 0) is 42.5 Å². The van der Waals surface area contributed by atoms with Crippen LogP contribution in [0.25, 0.3) is 0 Å². The maximum absolute atomic E-state index is 12.4. The molecule has 1 amide bonds. The lowest BCUT2D eigenvalue weighted by molar-refractivity contribution is -0.134. The van der Waals surface area contributed by atoms with Crippen LogP contribution in [0.2, 0.25) is 0 Å². The van der Waals surface area contributed by atoms with Gasteiger partial charge in [-0.3, -0.25) is 4.79 Å². The third-order valence-electron chi connectivity index (χ3n) is 4.69. The summed E-state index contributed by atoms with van der Waals surface area (Å²) in [4.78, 5) is 28.3. The van der Waals surface area contributed by atoms with Gasteiger partial charge in [0.15, 0.2) is 6.61 Å². The van der Waals surface area contributed by atoms with Crippen LogP contribution in [-0.4, -0.2) is 63.3 Å². The fourth-order valence-corrected chi connectivity index (χ4v) is 3.11. The maximum Gasteiger partial charge on any atom is 0.387 e. The average molecular weight is 420 g/mol. The fraction of sp³-hybridized carbons (Fsp3) is 0.333. The number of esters is 1. The number of hydrogen-bond donors (Lipinski definition) is 0. The minimum Gasteiger partial charge on any atom is -0.497 e. The van der Waals surface area contributed by atoms with E-state index in [0.29, 0.717) is 26.2 Å². The molecule has 0 aromatic heterocycles. The van der Waals surface area contributed by atoms with Crippen molar-refractivity contribution in [3.63, 3.8) is 0 Å². The van der Waals surface area contributed by atoms with Crippen molar-refractivity contribution >= 4 is 17.6 Å². The lowest BCUT2D eigenvalue weighted by atomic mass is 10.2. The number of anilines is 1. The summed E-state index contributed by atoms with van der Waals surface area (Å²) in [5.41, 5.74) is 1.07. The number of rotatable bonds is 7. The summed E-state index contributed by atoms with van der Waals surface area (Å²) in [5, 5.41) is 0. The number of carbonyl (C=O) groups excluding carboxylic acids is 2. The van der Waals surface area contributed by atoms with E-state index in [1.165, 1.54) is 18.2 Å².